The Labute approximate surface area is 107 Å². The van der Waals surface area contributed by atoms with Gasteiger partial charge in [0.2, 0.25) is 0 Å². The molecule has 0 radical (unpaired) electrons. The standard InChI is InChI=1S/C13H21N3O2/c1-9(2)16-12(11(7-15-16)13(17)18)8-14-10-5-3-4-6-10/h7,9-10,14H,3-6,8H2,1-2H3,(H,17,18). The smallest absolute Gasteiger partial charge is 0.339 e. The van der Waals surface area contributed by atoms with Crippen molar-refractivity contribution in [2.45, 2.75) is 58.2 Å². The Kier molecular flexibility index (Phi) is 4.01. The van der Waals surface area contributed by atoms with Crippen molar-refractivity contribution in [1.82, 2.24) is 15.1 Å². The fraction of sp³-hybridized carbons (Fsp3) is 0.692. The molecule has 2 rings (SSSR count). The quantitative estimate of drug-likeness (QED) is 0.841. The summed E-state index contributed by atoms with van der Waals surface area (Å²) in [6.07, 6.45) is 6.38. The zero-order chi connectivity index (χ0) is 13.1. The number of carboxylic acids is 1. The van der Waals surface area contributed by atoms with Gasteiger partial charge in [-0.1, -0.05) is 12.8 Å². The molecule has 5 nitrogen and oxygen atoms in total. The molecule has 5 heteroatoms. The predicted octanol–water partition coefficient (Wildman–Crippen LogP) is 2.19. The lowest BCUT2D eigenvalue weighted by Gasteiger charge is -2.15. The van der Waals surface area contributed by atoms with Crippen LogP contribution in [0.25, 0.3) is 0 Å². The van der Waals surface area contributed by atoms with E-state index >= 15 is 0 Å². The number of aromatic carboxylic acids is 1. The lowest BCUT2D eigenvalue weighted by Crippen LogP contribution is -2.28. The summed E-state index contributed by atoms with van der Waals surface area (Å²) in [5.41, 5.74) is 1.10. The van der Waals surface area contributed by atoms with Crippen LogP contribution in [0.3, 0.4) is 0 Å². The van der Waals surface area contributed by atoms with E-state index in [2.05, 4.69) is 10.4 Å². The van der Waals surface area contributed by atoms with E-state index in [1.165, 1.54) is 31.9 Å². The number of hydrogen-bond acceptors (Lipinski definition) is 3. The van der Waals surface area contributed by atoms with Crippen LogP contribution in [0.15, 0.2) is 6.20 Å². The molecule has 0 bridgehead atoms. The molecule has 0 aromatic carbocycles. The van der Waals surface area contributed by atoms with E-state index in [9.17, 15) is 9.90 Å². The lowest BCUT2D eigenvalue weighted by molar-refractivity contribution is 0.0695. The molecule has 0 unspecified atom stereocenters. The fourth-order valence-electron chi connectivity index (χ4n) is 2.56. The molecule has 1 heterocycles. The minimum Gasteiger partial charge on any atom is -0.478 e. The first-order valence-corrected chi connectivity index (χ1v) is 6.62. The average molecular weight is 251 g/mol. The van der Waals surface area contributed by atoms with E-state index in [0.717, 1.165) is 5.69 Å². The first-order valence-electron chi connectivity index (χ1n) is 6.62. The monoisotopic (exact) mass is 251 g/mol. The van der Waals surface area contributed by atoms with Crippen LogP contribution in [0.5, 0.6) is 0 Å². The minimum absolute atomic E-state index is 0.179. The van der Waals surface area contributed by atoms with Gasteiger partial charge in [-0.2, -0.15) is 5.10 Å². The first-order chi connectivity index (χ1) is 8.59. The van der Waals surface area contributed by atoms with Crippen LogP contribution in [0, 0.1) is 0 Å². The van der Waals surface area contributed by atoms with Gasteiger partial charge < -0.3 is 10.4 Å². The van der Waals surface area contributed by atoms with Crippen LogP contribution in [-0.2, 0) is 6.54 Å². The molecule has 1 aromatic heterocycles. The molecule has 1 saturated carbocycles. The second-order valence-corrected chi connectivity index (χ2v) is 5.21. The van der Waals surface area contributed by atoms with Crippen molar-refractivity contribution in [2.75, 3.05) is 0 Å². The first kappa shape index (κ1) is 13.1. The third-order valence-corrected chi connectivity index (χ3v) is 3.53. The fourth-order valence-corrected chi connectivity index (χ4v) is 2.56. The van der Waals surface area contributed by atoms with Crippen molar-refractivity contribution >= 4 is 5.97 Å². The van der Waals surface area contributed by atoms with Crippen molar-refractivity contribution < 1.29 is 9.90 Å². The Morgan fingerprint density at radius 3 is 2.78 bits per heavy atom. The summed E-state index contributed by atoms with van der Waals surface area (Å²) in [6, 6.07) is 0.709. The second kappa shape index (κ2) is 5.52. The highest BCUT2D eigenvalue weighted by molar-refractivity contribution is 5.88. The van der Waals surface area contributed by atoms with Crippen molar-refractivity contribution in [3.05, 3.63) is 17.5 Å². The lowest BCUT2D eigenvalue weighted by atomic mass is 10.2. The Bertz CT molecular complexity index is 420. The van der Waals surface area contributed by atoms with Gasteiger partial charge in [0.15, 0.2) is 0 Å². The van der Waals surface area contributed by atoms with E-state index < -0.39 is 5.97 Å². The summed E-state index contributed by atoms with van der Waals surface area (Å²) in [5.74, 6) is -0.898. The summed E-state index contributed by atoms with van der Waals surface area (Å²) < 4.78 is 1.80. The maximum absolute atomic E-state index is 11.2. The maximum Gasteiger partial charge on any atom is 0.339 e. The van der Waals surface area contributed by atoms with Gasteiger partial charge in [-0.05, 0) is 26.7 Å². The average Bonchev–Trinajstić information content (AvgIpc) is 2.95. The molecule has 0 amide bonds. The molecule has 0 aliphatic heterocycles. The number of carbonyl (C=O) groups is 1. The van der Waals surface area contributed by atoms with E-state index in [4.69, 9.17) is 0 Å². The van der Waals surface area contributed by atoms with Gasteiger partial charge >= 0.3 is 5.97 Å². The topological polar surface area (TPSA) is 67.2 Å². The van der Waals surface area contributed by atoms with Crippen LogP contribution >= 0.6 is 0 Å². The highest BCUT2D eigenvalue weighted by Crippen LogP contribution is 2.19. The number of nitrogens with zero attached hydrogens (tertiary/aromatic N) is 2. The van der Waals surface area contributed by atoms with E-state index in [0.29, 0.717) is 18.2 Å². The summed E-state index contributed by atoms with van der Waals surface area (Å²) in [5, 5.41) is 16.8. The Hall–Kier alpha value is -1.36. The molecule has 1 fully saturated rings. The maximum atomic E-state index is 11.2. The summed E-state index contributed by atoms with van der Waals surface area (Å²) in [7, 11) is 0. The third kappa shape index (κ3) is 2.72. The zero-order valence-corrected chi connectivity index (χ0v) is 11.0. The van der Waals surface area contributed by atoms with Gasteiger partial charge in [0.05, 0.1) is 11.9 Å². The molecule has 0 atom stereocenters. The second-order valence-electron chi connectivity index (χ2n) is 5.21. The molecule has 100 valence electrons. The molecule has 18 heavy (non-hydrogen) atoms. The number of nitrogens with one attached hydrogen (secondary N) is 1. The zero-order valence-electron chi connectivity index (χ0n) is 11.0. The molecular weight excluding hydrogens is 230 g/mol. The molecular formula is C13H21N3O2. The molecule has 1 aliphatic carbocycles. The molecule has 1 aliphatic rings. The van der Waals surface area contributed by atoms with Crippen LogP contribution in [0.2, 0.25) is 0 Å². The summed E-state index contributed by atoms with van der Waals surface area (Å²) in [4.78, 5) is 11.2. The SMILES string of the molecule is CC(C)n1ncc(C(=O)O)c1CNC1CCCC1. The van der Waals surface area contributed by atoms with Crippen molar-refractivity contribution in [3.8, 4) is 0 Å². The largest absolute Gasteiger partial charge is 0.478 e. The molecule has 1 aromatic rings. The normalized spacial score (nSPS) is 16.6. The van der Waals surface area contributed by atoms with Gasteiger partial charge in [-0.15, -0.1) is 0 Å². The van der Waals surface area contributed by atoms with Crippen LogP contribution < -0.4 is 5.32 Å². The molecule has 0 spiro atoms. The Balaban J connectivity index is 2.12. The van der Waals surface area contributed by atoms with Gasteiger partial charge in [-0.25, -0.2) is 4.79 Å². The number of rotatable bonds is 5. The number of carboxylic acid groups (broad SMARTS) is 1. The van der Waals surface area contributed by atoms with Gasteiger partial charge in [0, 0.05) is 18.6 Å². The van der Waals surface area contributed by atoms with E-state index in [1.807, 2.05) is 13.8 Å². The van der Waals surface area contributed by atoms with Crippen LogP contribution in [0.4, 0.5) is 0 Å². The van der Waals surface area contributed by atoms with Gasteiger partial charge in [-0.3, -0.25) is 4.68 Å². The van der Waals surface area contributed by atoms with Crippen LogP contribution in [-0.4, -0.2) is 26.9 Å². The highest BCUT2D eigenvalue weighted by Gasteiger charge is 2.20. The van der Waals surface area contributed by atoms with Gasteiger partial charge in [0.25, 0.3) is 0 Å². The molecule has 2 N–H and O–H groups in total. The molecule has 0 saturated heterocycles. The van der Waals surface area contributed by atoms with Crippen LogP contribution in [0.1, 0.15) is 61.6 Å². The number of hydrogen-bond donors (Lipinski definition) is 2. The third-order valence-electron chi connectivity index (χ3n) is 3.53. The predicted molar refractivity (Wildman–Crippen MR) is 68.7 cm³/mol. The van der Waals surface area contributed by atoms with Gasteiger partial charge in [0.1, 0.15) is 5.56 Å². The Morgan fingerprint density at radius 2 is 2.22 bits per heavy atom. The Morgan fingerprint density at radius 1 is 1.56 bits per heavy atom. The summed E-state index contributed by atoms with van der Waals surface area (Å²) >= 11 is 0. The highest BCUT2D eigenvalue weighted by atomic mass is 16.4. The number of aromatic nitrogens is 2. The van der Waals surface area contributed by atoms with Crippen molar-refractivity contribution in [2.24, 2.45) is 0 Å². The summed E-state index contributed by atoms with van der Waals surface area (Å²) in [6.45, 7) is 4.61. The van der Waals surface area contributed by atoms with E-state index in [1.54, 1.807) is 4.68 Å². The minimum atomic E-state index is -0.898. The van der Waals surface area contributed by atoms with Crippen molar-refractivity contribution in [3.63, 3.8) is 0 Å². The van der Waals surface area contributed by atoms with E-state index in [-0.39, 0.29) is 6.04 Å². The van der Waals surface area contributed by atoms with Crippen molar-refractivity contribution in [1.29, 1.82) is 0 Å².